The number of halogens is 1. The number of hydrogen-bond donors (Lipinski definition) is 1. The number of thioether (sulfide) groups is 1. The number of carbonyl (C=O) groups is 2. The zero-order chi connectivity index (χ0) is 21.8. The second-order valence-corrected chi connectivity index (χ2v) is 9.07. The molecule has 2 aromatic carbocycles. The maximum atomic E-state index is 12.6. The monoisotopic (exact) mass is 460 g/mol. The van der Waals surface area contributed by atoms with Crippen molar-refractivity contribution in [3.8, 4) is 5.75 Å². The van der Waals surface area contributed by atoms with Crippen molar-refractivity contribution in [1.82, 2.24) is 4.90 Å². The molecule has 0 unspecified atom stereocenters. The van der Waals surface area contributed by atoms with Gasteiger partial charge < -0.3 is 10.1 Å². The van der Waals surface area contributed by atoms with E-state index in [1.807, 2.05) is 45.0 Å². The number of amides is 2. The van der Waals surface area contributed by atoms with E-state index in [1.165, 1.54) is 11.8 Å². The summed E-state index contributed by atoms with van der Waals surface area (Å²) in [7, 11) is 0. The molecule has 1 saturated heterocycles. The summed E-state index contributed by atoms with van der Waals surface area (Å²) >= 11 is 12.7. The normalized spacial score (nSPS) is 15.2. The summed E-state index contributed by atoms with van der Waals surface area (Å²) in [5.41, 5.74) is 2.24. The van der Waals surface area contributed by atoms with Crippen LogP contribution in [0.25, 0.3) is 6.08 Å². The van der Waals surface area contributed by atoms with Gasteiger partial charge in [-0.05, 0) is 50.6 Å². The fraction of sp³-hybridized carbons (Fsp3) is 0.227. The molecule has 1 N–H and O–H groups in total. The predicted octanol–water partition coefficient (Wildman–Crippen LogP) is 5.28. The van der Waals surface area contributed by atoms with Crippen LogP contribution in [0.5, 0.6) is 5.75 Å². The summed E-state index contributed by atoms with van der Waals surface area (Å²) in [6.07, 6.45) is 1.74. The second kappa shape index (κ2) is 9.64. The average molecular weight is 461 g/mol. The van der Waals surface area contributed by atoms with E-state index >= 15 is 0 Å². The van der Waals surface area contributed by atoms with Crippen molar-refractivity contribution in [3.05, 3.63) is 63.5 Å². The van der Waals surface area contributed by atoms with Crippen molar-refractivity contribution in [2.75, 3.05) is 11.9 Å². The summed E-state index contributed by atoms with van der Waals surface area (Å²) in [5.74, 6) is 0.0732. The van der Waals surface area contributed by atoms with Gasteiger partial charge in [-0.15, -0.1) is 0 Å². The average Bonchev–Trinajstić information content (AvgIpc) is 2.97. The lowest BCUT2D eigenvalue weighted by Crippen LogP contribution is -2.34. The molecule has 3 rings (SSSR count). The third kappa shape index (κ3) is 5.22. The van der Waals surface area contributed by atoms with Crippen LogP contribution in [0.15, 0.2) is 47.4 Å². The minimum atomic E-state index is -0.309. The van der Waals surface area contributed by atoms with Crippen LogP contribution in [0.4, 0.5) is 5.69 Å². The Morgan fingerprint density at radius 3 is 2.70 bits per heavy atom. The minimum Gasteiger partial charge on any atom is -0.483 e. The second-order valence-electron chi connectivity index (χ2n) is 6.98. The number of carbonyl (C=O) groups excluding carboxylic acids is 2. The smallest absolute Gasteiger partial charge is 0.266 e. The van der Waals surface area contributed by atoms with Gasteiger partial charge in [0.2, 0.25) is 0 Å². The number of ether oxygens (including phenoxy) is 1. The van der Waals surface area contributed by atoms with Gasteiger partial charge in [0.25, 0.3) is 11.8 Å². The van der Waals surface area contributed by atoms with E-state index in [-0.39, 0.29) is 24.5 Å². The highest BCUT2D eigenvalue weighted by Gasteiger charge is 2.33. The molecule has 8 heteroatoms. The number of thiocarbonyl (C=S) groups is 1. The molecule has 30 heavy (non-hydrogen) atoms. The molecule has 2 amide bonds. The third-order valence-corrected chi connectivity index (χ3v) is 6.10. The molecule has 1 aliphatic heterocycles. The lowest BCUT2D eigenvalue weighted by atomic mass is 10.2. The van der Waals surface area contributed by atoms with Crippen molar-refractivity contribution in [2.45, 2.75) is 26.8 Å². The molecule has 0 atom stereocenters. The first-order valence-electron chi connectivity index (χ1n) is 9.31. The maximum absolute atomic E-state index is 12.6. The van der Waals surface area contributed by atoms with Crippen LogP contribution < -0.4 is 10.1 Å². The Bertz CT molecular complexity index is 1040. The standard InChI is InChI=1S/C22H21ClN2O3S2/c1-13(2)25-21(27)19(30-22(25)29)10-15-6-4-5-7-18(15)28-12-20(26)24-16-9-8-14(3)17(23)11-16/h4-11,13H,12H2,1-3H3,(H,24,26)/b19-10-. The highest BCUT2D eigenvalue weighted by atomic mass is 35.5. The number of hydrogen-bond acceptors (Lipinski definition) is 5. The summed E-state index contributed by atoms with van der Waals surface area (Å²) in [6, 6.07) is 12.5. The molecule has 0 radical (unpaired) electrons. The minimum absolute atomic E-state index is 0.00568. The molecule has 0 aliphatic carbocycles. The molecule has 0 saturated carbocycles. The summed E-state index contributed by atoms with van der Waals surface area (Å²) in [4.78, 5) is 27.0. The van der Waals surface area contributed by atoms with Crippen molar-refractivity contribution < 1.29 is 14.3 Å². The van der Waals surface area contributed by atoms with Gasteiger partial charge in [0.15, 0.2) is 6.61 Å². The lowest BCUT2D eigenvalue weighted by Gasteiger charge is -2.18. The third-order valence-electron chi connectivity index (χ3n) is 4.36. The summed E-state index contributed by atoms with van der Waals surface area (Å²) in [6.45, 7) is 5.56. The molecule has 0 spiro atoms. The van der Waals surface area contributed by atoms with Gasteiger partial charge in [0.1, 0.15) is 10.1 Å². The van der Waals surface area contributed by atoms with Gasteiger partial charge in [0.05, 0.1) is 4.91 Å². The predicted molar refractivity (Wildman–Crippen MR) is 127 cm³/mol. The van der Waals surface area contributed by atoms with Crippen molar-refractivity contribution in [2.24, 2.45) is 0 Å². The fourth-order valence-corrected chi connectivity index (χ4v) is 4.50. The Kier molecular flexibility index (Phi) is 7.18. The SMILES string of the molecule is Cc1ccc(NC(=O)COc2ccccc2/C=C2\SC(=S)N(C(C)C)C2=O)cc1Cl. The molecule has 156 valence electrons. The molecule has 1 fully saturated rings. The lowest BCUT2D eigenvalue weighted by molar-refractivity contribution is -0.123. The fourth-order valence-electron chi connectivity index (χ4n) is 2.81. The van der Waals surface area contributed by atoms with Gasteiger partial charge in [-0.2, -0.15) is 0 Å². The molecule has 1 heterocycles. The van der Waals surface area contributed by atoms with Crippen molar-refractivity contribution >= 4 is 63.5 Å². The largest absolute Gasteiger partial charge is 0.483 e. The van der Waals surface area contributed by atoms with Crippen LogP contribution in [-0.2, 0) is 9.59 Å². The van der Waals surface area contributed by atoms with E-state index in [2.05, 4.69) is 5.32 Å². The van der Waals surface area contributed by atoms with Gasteiger partial charge in [0, 0.05) is 22.3 Å². The number of nitrogens with zero attached hydrogens (tertiary/aromatic N) is 1. The number of benzene rings is 2. The molecule has 2 aromatic rings. The van der Waals surface area contributed by atoms with E-state index in [9.17, 15) is 9.59 Å². The Hall–Kier alpha value is -2.35. The first-order valence-corrected chi connectivity index (χ1v) is 10.9. The van der Waals surface area contributed by atoms with Crippen LogP contribution in [0.1, 0.15) is 25.0 Å². The Balaban J connectivity index is 1.70. The van der Waals surface area contributed by atoms with Gasteiger partial charge in [-0.25, -0.2) is 0 Å². The highest BCUT2D eigenvalue weighted by Crippen LogP contribution is 2.35. The van der Waals surface area contributed by atoms with Crippen LogP contribution in [0, 0.1) is 6.92 Å². The number of aryl methyl sites for hydroxylation is 1. The van der Waals surface area contributed by atoms with Crippen LogP contribution >= 0.6 is 35.6 Å². The van der Waals surface area contributed by atoms with Crippen LogP contribution in [-0.4, -0.2) is 33.7 Å². The topological polar surface area (TPSA) is 58.6 Å². The molecular weight excluding hydrogens is 440 g/mol. The number of para-hydroxylation sites is 1. The highest BCUT2D eigenvalue weighted by molar-refractivity contribution is 8.26. The Morgan fingerprint density at radius 1 is 1.30 bits per heavy atom. The van der Waals surface area contributed by atoms with Crippen LogP contribution in [0.2, 0.25) is 5.02 Å². The first-order chi connectivity index (χ1) is 14.3. The van der Waals surface area contributed by atoms with E-state index < -0.39 is 0 Å². The van der Waals surface area contributed by atoms with E-state index in [0.717, 1.165) is 5.56 Å². The zero-order valence-electron chi connectivity index (χ0n) is 16.8. The zero-order valence-corrected chi connectivity index (χ0v) is 19.2. The van der Waals surface area contributed by atoms with E-state index in [1.54, 1.807) is 29.2 Å². The number of anilines is 1. The molecular formula is C22H21ClN2O3S2. The van der Waals surface area contributed by atoms with Gasteiger partial charge >= 0.3 is 0 Å². The maximum Gasteiger partial charge on any atom is 0.266 e. The Labute approximate surface area is 190 Å². The van der Waals surface area contributed by atoms with Crippen molar-refractivity contribution in [1.29, 1.82) is 0 Å². The number of rotatable bonds is 6. The molecule has 1 aliphatic rings. The van der Waals surface area contributed by atoms with E-state index in [0.29, 0.717) is 31.2 Å². The first kappa shape index (κ1) is 22.3. The molecule has 0 aromatic heterocycles. The summed E-state index contributed by atoms with van der Waals surface area (Å²) < 4.78 is 6.25. The Morgan fingerprint density at radius 2 is 2.03 bits per heavy atom. The van der Waals surface area contributed by atoms with E-state index in [4.69, 9.17) is 28.6 Å². The molecule has 0 bridgehead atoms. The quantitative estimate of drug-likeness (QED) is 0.469. The van der Waals surface area contributed by atoms with Crippen LogP contribution in [0.3, 0.4) is 0 Å². The summed E-state index contributed by atoms with van der Waals surface area (Å²) in [5, 5.41) is 3.34. The number of nitrogens with one attached hydrogen (secondary N) is 1. The van der Waals surface area contributed by atoms with Gasteiger partial charge in [-0.1, -0.05) is 59.8 Å². The van der Waals surface area contributed by atoms with Crippen molar-refractivity contribution in [3.63, 3.8) is 0 Å². The van der Waals surface area contributed by atoms with Gasteiger partial charge in [-0.3, -0.25) is 14.5 Å². The molecule has 5 nitrogen and oxygen atoms in total.